The van der Waals surface area contributed by atoms with Crippen LogP contribution in [0.2, 0.25) is 0 Å². The smallest absolute Gasteiger partial charge is 0.237 e. The van der Waals surface area contributed by atoms with Gasteiger partial charge in [0.05, 0.1) is 12.6 Å². The zero-order chi connectivity index (χ0) is 15.8. The van der Waals surface area contributed by atoms with Crippen molar-refractivity contribution in [1.29, 1.82) is 0 Å². The Kier molecular flexibility index (Phi) is 7.63. The van der Waals surface area contributed by atoms with Gasteiger partial charge < -0.3 is 10.1 Å². The number of ether oxygens (including phenoxy) is 1. The van der Waals surface area contributed by atoms with Crippen LogP contribution in [0.4, 0.5) is 0 Å². The molecule has 2 unspecified atom stereocenters. The average molecular weight is 311 g/mol. The molecule has 128 valence electrons. The van der Waals surface area contributed by atoms with E-state index in [1.807, 2.05) is 0 Å². The third-order valence-electron chi connectivity index (χ3n) is 5.16. The molecule has 0 aromatic rings. The number of nitrogens with zero attached hydrogens (tertiary/aromatic N) is 2. The van der Waals surface area contributed by atoms with Crippen LogP contribution in [0.1, 0.15) is 45.4 Å². The SMILES string of the molecule is COCCN1CCCC1CNC(=O)C(C)N1CCCCCC1. The molecule has 5 heteroatoms. The van der Waals surface area contributed by atoms with E-state index in [0.29, 0.717) is 6.04 Å². The second-order valence-electron chi connectivity index (χ2n) is 6.70. The van der Waals surface area contributed by atoms with Gasteiger partial charge in [-0.1, -0.05) is 12.8 Å². The van der Waals surface area contributed by atoms with Crippen LogP contribution in [0.25, 0.3) is 0 Å². The van der Waals surface area contributed by atoms with Crippen molar-refractivity contribution >= 4 is 5.91 Å². The lowest BCUT2D eigenvalue weighted by molar-refractivity contribution is -0.126. The Balaban J connectivity index is 1.73. The molecule has 0 spiro atoms. The molecule has 2 rings (SSSR count). The quantitative estimate of drug-likeness (QED) is 0.773. The number of nitrogens with one attached hydrogen (secondary N) is 1. The molecule has 2 aliphatic heterocycles. The Hall–Kier alpha value is -0.650. The van der Waals surface area contributed by atoms with E-state index < -0.39 is 0 Å². The lowest BCUT2D eigenvalue weighted by Crippen LogP contribution is -2.49. The van der Waals surface area contributed by atoms with E-state index in [1.54, 1.807) is 7.11 Å². The highest BCUT2D eigenvalue weighted by Crippen LogP contribution is 2.16. The first-order valence-electron chi connectivity index (χ1n) is 8.97. The van der Waals surface area contributed by atoms with Crippen LogP contribution in [0.5, 0.6) is 0 Å². The summed E-state index contributed by atoms with van der Waals surface area (Å²) in [7, 11) is 1.75. The second-order valence-corrected chi connectivity index (χ2v) is 6.70. The molecule has 2 fully saturated rings. The third kappa shape index (κ3) is 5.21. The highest BCUT2D eigenvalue weighted by atomic mass is 16.5. The maximum atomic E-state index is 12.4. The molecular weight excluding hydrogens is 278 g/mol. The zero-order valence-electron chi connectivity index (χ0n) is 14.4. The normalized spacial score (nSPS) is 25.8. The first kappa shape index (κ1) is 17.7. The lowest BCUT2D eigenvalue weighted by atomic mass is 10.2. The standard InChI is InChI=1S/C17H33N3O2/c1-15(19-9-5-3-4-6-10-19)17(21)18-14-16-8-7-11-20(16)12-13-22-2/h15-16H,3-14H2,1-2H3,(H,18,21). The molecule has 2 atom stereocenters. The van der Waals surface area contributed by atoms with E-state index in [-0.39, 0.29) is 11.9 Å². The van der Waals surface area contributed by atoms with E-state index in [9.17, 15) is 4.79 Å². The minimum atomic E-state index is 0.00642. The lowest BCUT2D eigenvalue weighted by Gasteiger charge is -2.28. The Labute approximate surface area is 135 Å². The summed E-state index contributed by atoms with van der Waals surface area (Å²) in [6.07, 6.45) is 7.48. The van der Waals surface area contributed by atoms with Crippen LogP contribution in [0, 0.1) is 0 Å². The largest absolute Gasteiger partial charge is 0.383 e. The van der Waals surface area contributed by atoms with Crippen molar-refractivity contribution < 1.29 is 9.53 Å². The maximum absolute atomic E-state index is 12.4. The van der Waals surface area contributed by atoms with Crippen LogP contribution in [-0.2, 0) is 9.53 Å². The number of hydrogen-bond acceptors (Lipinski definition) is 4. The molecule has 0 bridgehead atoms. The van der Waals surface area contributed by atoms with Gasteiger partial charge in [-0.2, -0.15) is 0 Å². The molecule has 1 amide bonds. The van der Waals surface area contributed by atoms with Crippen LogP contribution in [-0.4, -0.2) is 74.2 Å². The number of hydrogen-bond donors (Lipinski definition) is 1. The average Bonchev–Trinajstić information content (AvgIpc) is 2.80. The molecule has 1 N–H and O–H groups in total. The Morgan fingerprint density at radius 3 is 2.59 bits per heavy atom. The van der Waals surface area contributed by atoms with Crippen LogP contribution in [0.3, 0.4) is 0 Å². The van der Waals surface area contributed by atoms with E-state index in [4.69, 9.17) is 4.74 Å². The second kappa shape index (κ2) is 9.48. The minimum Gasteiger partial charge on any atom is -0.383 e. The summed E-state index contributed by atoms with van der Waals surface area (Å²) < 4.78 is 5.17. The molecular formula is C17H33N3O2. The van der Waals surface area contributed by atoms with Crippen molar-refractivity contribution in [2.75, 3.05) is 46.4 Å². The number of amides is 1. The molecule has 5 nitrogen and oxygen atoms in total. The molecule has 0 saturated carbocycles. The van der Waals surface area contributed by atoms with Gasteiger partial charge in [0, 0.05) is 26.2 Å². The summed E-state index contributed by atoms with van der Waals surface area (Å²) in [5.74, 6) is 0.195. The van der Waals surface area contributed by atoms with Crippen molar-refractivity contribution in [2.45, 2.75) is 57.5 Å². The highest BCUT2D eigenvalue weighted by Gasteiger charge is 2.26. The van der Waals surface area contributed by atoms with Gasteiger partial charge in [0.2, 0.25) is 5.91 Å². The fourth-order valence-corrected chi connectivity index (χ4v) is 3.64. The molecule has 0 aromatic carbocycles. The summed E-state index contributed by atoms with van der Waals surface area (Å²) in [6, 6.07) is 0.488. The fraction of sp³-hybridized carbons (Fsp3) is 0.941. The summed E-state index contributed by atoms with van der Waals surface area (Å²) in [5.41, 5.74) is 0. The van der Waals surface area contributed by atoms with Gasteiger partial charge in [0.25, 0.3) is 0 Å². The predicted octanol–water partition coefficient (Wildman–Crippen LogP) is 1.48. The number of carbonyl (C=O) groups is 1. The van der Waals surface area contributed by atoms with Crippen molar-refractivity contribution in [3.05, 3.63) is 0 Å². The molecule has 2 heterocycles. The highest BCUT2D eigenvalue weighted by molar-refractivity contribution is 5.81. The summed E-state index contributed by atoms with van der Waals surface area (Å²) in [6.45, 7) is 7.84. The van der Waals surface area contributed by atoms with Gasteiger partial charge in [-0.15, -0.1) is 0 Å². The van der Waals surface area contributed by atoms with Crippen molar-refractivity contribution in [1.82, 2.24) is 15.1 Å². The van der Waals surface area contributed by atoms with E-state index >= 15 is 0 Å². The van der Waals surface area contributed by atoms with Gasteiger partial charge in [-0.25, -0.2) is 0 Å². The summed E-state index contributed by atoms with van der Waals surface area (Å²) in [5, 5.41) is 3.19. The number of carbonyl (C=O) groups excluding carboxylic acids is 1. The number of likely N-dealkylation sites (tertiary alicyclic amines) is 2. The Morgan fingerprint density at radius 1 is 1.18 bits per heavy atom. The third-order valence-corrected chi connectivity index (χ3v) is 5.16. The number of methoxy groups -OCH3 is 1. The van der Waals surface area contributed by atoms with Crippen molar-refractivity contribution in [2.24, 2.45) is 0 Å². The van der Waals surface area contributed by atoms with Gasteiger partial charge in [-0.05, 0) is 52.2 Å². The predicted molar refractivity (Wildman–Crippen MR) is 89.0 cm³/mol. The molecule has 0 aromatic heterocycles. The molecule has 0 aliphatic carbocycles. The van der Waals surface area contributed by atoms with Gasteiger partial charge in [0.1, 0.15) is 0 Å². The fourth-order valence-electron chi connectivity index (χ4n) is 3.64. The van der Waals surface area contributed by atoms with E-state index in [2.05, 4.69) is 22.0 Å². The van der Waals surface area contributed by atoms with Gasteiger partial charge in [0.15, 0.2) is 0 Å². The Bertz CT molecular complexity index is 330. The van der Waals surface area contributed by atoms with Crippen LogP contribution < -0.4 is 5.32 Å². The topological polar surface area (TPSA) is 44.8 Å². The maximum Gasteiger partial charge on any atom is 0.237 e. The minimum absolute atomic E-state index is 0.00642. The first-order chi connectivity index (χ1) is 10.7. The van der Waals surface area contributed by atoms with Crippen molar-refractivity contribution in [3.8, 4) is 0 Å². The van der Waals surface area contributed by atoms with Crippen molar-refractivity contribution in [3.63, 3.8) is 0 Å². The van der Waals surface area contributed by atoms with Crippen LogP contribution >= 0.6 is 0 Å². The van der Waals surface area contributed by atoms with E-state index in [0.717, 1.165) is 39.3 Å². The molecule has 2 aliphatic rings. The van der Waals surface area contributed by atoms with Gasteiger partial charge in [-0.3, -0.25) is 14.6 Å². The monoisotopic (exact) mass is 311 g/mol. The van der Waals surface area contributed by atoms with E-state index in [1.165, 1.54) is 38.5 Å². The number of rotatable bonds is 7. The summed E-state index contributed by atoms with van der Waals surface area (Å²) in [4.78, 5) is 17.2. The molecule has 2 saturated heterocycles. The van der Waals surface area contributed by atoms with Gasteiger partial charge >= 0.3 is 0 Å². The Morgan fingerprint density at radius 2 is 1.91 bits per heavy atom. The molecule has 0 radical (unpaired) electrons. The molecule has 22 heavy (non-hydrogen) atoms. The first-order valence-corrected chi connectivity index (χ1v) is 8.97. The van der Waals surface area contributed by atoms with Crippen LogP contribution in [0.15, 0.2) is 0 Å². The summed E-state index contributed by atoms with van der Waals surface area (Å²) >= 11 is 0. The zero-order valence-corrected chi connectivity index (χ0v) is 14.4.